The zero-order valence-corrected chi connectivity index (χ0v) is 11.7. The van der Waals surface area contributed by atoms with Gasteiger partial charge in [-0.25, -0.2) is 0 Å². The summed E-state index contributed by atoms with van der Waals surface area (Å²) in [7, 11) is 0. The Morgan fingerprint density at radius 2 is 1.76 bits per heavy atom. The van der Waals surface area contributed by atoms with E-state index in [-0.39, 0.29) is 6.04 Å². The first-order valence-corrected chi connectivity index (χ1v) is 6.65. The van der Waals surface area contributed by atoms with Gasteiger partial charge in [0.15, 0.2) is 0 Å². The predicted octanol–water partition coefficient (Wildman–Crippen LogP) is 4.11. The third-order valence-electron chi connectivity index (χ3n) is 3.17. The summed E-state index contributed by atoms with van der Waals surface area (Å²) < 4.78 is 37.6. The Balaban J connectivity index is 2.18. The van der Waals surface area contributed by atoms with Gasteiger partial charge in [0.1, 0.15) is 0 Å². The molecule has 0 heterocycles. The number of benzene rings is 2. The maximum atomic E-state index is 12.5. The Morgan fingerprint density at radius 3 is 2.29 bits per heavy atom. The molecule has 2 aromatic carbocycles. The summed E-state index contributed by atoms with van der Waals surface area (Å²) >= 11 is 5.91. The average molecular weight is 315 g/mol. The molecule has 2 nitrogen and oxygen atoms in total. The molecular formula is C15H14ClF3N2. The average Bonchev–Trinajstić information content (AvgIpc) is 2.44. The van der Waals surface area contributed by atoms with Crippen LogP contribution < -0.4 is 11.3 Å². The predicted molar refractivity (Wildman–Crippen MR) is 76.7 cm³/mol. The van der Waals surface area contributed by atoms with Gasteiger partial charge in [-0.2, -0.15) is 13.2 Å². The molecule has 0 aliphatic carbocycles. The highest BCUT2D eigenvalue weighted by molar-refractivity contribution is 6.30. The minimum Gasteiger partial charge on any atom is -0.271 e. The van der Waals surface area contributed by atoms with Crippen LogP contribution in [0.2, 0.25) is 5.02 Å². The SMILES string of the molecule is NNC(Cc1cccc(Cl)c1)c1ccc(C(F)(F)F)cc1. The normalized spacial score (nSPS) is 13.2. The fourth-order valence-corrected chi connectivity index (χ4v) is 2.29. The summed E-state index contributed by atoms with van der Waals surface area (Å²) in [5, 5.41) is 0.607. The number of hydrogen-bond acceptors (Lipinski definition) is 2. The van der Waals surface area contributed by atoms with Gasteiger partial charge in [-0.3, -0.25) is 11.3 Å². The lowest BCUT2D eigenvalue weighted by atomic mass is 9.98. The lowest BCUT2D eigenvalue weighted by Crippen LogP contribution is -2.29. The number of rotatable bonds is 4. The first kappa shape index (κ1) is 15.8. The maximum absolute atomic E-state index is 12.5. The topological polar surface area (TPSA) is 38.0 Å². The molecule has 0 aliphatic rings. The molecule has 0 bridgehead atoms. The molecule has 2 rings (SSSR count). The van der Waals surface area contributed by atoms with Gasteiger partial charge < -0.3 is 0 Å². The molecule has 2 aromatic rings. The van der Waals surface area contributed by atoms with Crippen molar-refractivity contribution in [2.24, 2.45) is 5.84 Å². The van der Waals surface area contributed by atoms with E-state index in [4.69, 9.17) is 17.4 Å². The van der Waals surface area contributed by atoms with Crippen molar-refractivity contribution in [3.63, 3.8) is 0 Å². The minimum atomic E-state index is -4.34. The minimum absolute atomic E-state index is 0.286. The largest absolute Gasteiger partial charge is 0.416 e. The molecule has 0 aliphatic heterocycles. The van der Waals surface area contributed by atoms with Crippen molar-refractivity contribution in [2.75, 3.05) is 0 Å². The zero-order valence-electron chi connectivity index (χ0n) is 11.0. The summed E-state index contributed by atoms with van der Waals surface area (Å²) in [6.45, 7) is 0. The van der Waals surface area contributed by atoms with Crippen LogP contribution >= 0.6 is 11.6 Å². The fraction of sp³-hybridized carbons (Fsp3) is 0.200. The zero-order chi connectivity index (χ0) is 15.5. The van der Waals surface area contributed by atoms with Crippen molar-refractivity contribution < 1.29 is 13.2 Å². The number of alkyl halides is 3. The quantitative estimate of drug-likeness (QED) is 0.658. The highest BCUT2D eigenvalue weighted by Crippen LogP contribution is 2.30. The number of halogens is 4. The van der Waals surface area contributed by atoms with Crippen molar-refractivity contribution in [3.8, 4) is 0 Å². The molecule has 0 saturated heterocycles. The van der Waals surface area contributed by atoms with Crippen LogP contribution in [0.4, 0.5) is 13.2 Å². The Hall–Kier alpha value is -1.56. The molecule has 6 heteroatoms. The van der Waals surface area contributed by atoms with Crippen LogP contribution in [-0.2, 0) is 12.6 Å². The van der Waals surface area contributed by atoms with Crippen LogP contribution in [0.15, 0.2) is 48.5 Å². The molecule has 0 amide bonds. The summed E-state index contributed by atoms with van der Waals surface area (Å²) in [6, 6.07) is 11.9. The standard InChI is InChI=1S/C15H14ClF3N2/c16-13-3-1-2-10(8-13)9-14(21-20)11-4-6-12(7-5-11)15(17,18)19/h1-8,14,21H,9,20H2. The summed E-state index contributed by atoms with van der Waals surface area (Å²) in [5.41, 5.74) is 3.58. The van der Waals surface area contributed by atoms with Gasteiger partial charge in [-0.1, -0.05) is 35.9 Å². The number of hydrazine groups is 1. The molecule has 3 N–H and O–H groups in total. The van der Waals surface area contributed by atoms with Crippen molar-refractivity contribution in [1.82, 2.24) is 5.43 Å². The van der Waals surface area contributed by atoms with Crippen LogP contribution in [0.1, 0.15) is 22.7 Å². The lowest BCUT2D eigenvalue weighted by molar-refractivity contribution is -0.137. The molecule has 1 unspecified atom stereocenters. The molecule has 112 valence electrons. The van der Waals surface area contributed by atoms with Gasteiger partial charge in [0.25, 0.3) is 0 Å². The molecule has 0 spiro atoms. The number of nitrogens with one attached hydrogen (secondary N) is 1. The Morgan fingerprint density at radius 1 is 1.10 bits per heavy atom. The molecule has 1 atom stereocenters. The van der Waals surface area contributed by atoms with E-state index in [2.05, 4.69) is 5.43 Å². The van der Waals surface area contributed by atoms with E-state index >= 15 is 0 Å². The first-order chi connectivity index (χ1) is 9.90. The molecular weight excluding hydrogens is 301 g/mol. The molecule has 0 aromatic heterocycles. The van der Waals surface area contributed by atoms with Gasteiger partial charge >= 0.3 is 6.18 Å². The maximum Gasteiger partial charge on any atom is 0.416 e. The highest BCUT2D eigenvalue weighted by Gasteiger charge is 2.30. The number of hydrogen-bond donors (Lipinski definition) is 2. The summed E-state index contributed by atoms with van der Waals surface area (Å²) in [6.07, 6.45) is -3.81. The van der Waals surface area contributed by atoms with E-state index in [1.807, 2.05) is 12.1 Å². The van der Waals surface area contributed by atoms with Crippen LogP contribution in [0, 0.1) is 0 Å². The first-order valence-electron chi connectivity index (χ1n) is 6.28. The number of nitrogens with two attached hydrogens (primary N) is 1. The van der Waals surface area contributed by atoms with E-state index in [1.54, 1.807) is 12.1 Å². The third kappa shape index (κ3) is 4.20. The van der Waals surface area contributed by atoms with E-state index in [1.165, 1.54) is 12.1 Å². The van der Waals surface area contributed by atoms with E-state index in [9.17, 15) is 13.2 Å². The van der Waals surface area contributed by atoms with E-state index in [0.29, 0.717) is 17.0 Å². The monoisotopic (exact) mass is 314 g/mol. The molecule has 21 heavy (non-hydrogen) atoms. The van der Waals surface area contributed by atoms with Crippen molar-refractivity contribution in [3.05, 3.63) is 70.2 Å². The molecule has 0 saturated carbocycles. The second-order valence-corrected chi connectivity index (χ2v) is 5.11. The van der Waals surface area contributed by atoms with Gasteiger partial charge in [-0.15, -0.1) is 0 Å². The van der Waals surface area contributed by atoms with Gasteiger partial charge in [0.05, 0.1) is 5.56 Å². The van der Waals surface area contributed by atoms with Crippen molar-refractivity contribution in [2.45, 2.75) is 18.6 Å². The highest BCUT2D eigenvalue weighted by atomic mass is 35.5. The Bertz CT molecular complexity index is 597. The van der Waals surface area contributed by atoms with Crippen LogP contribution in [0.5, 0.6) is 0 Å². The second-order valence-electron chi connectivity index (χ2n) is 4.67. The Kier molecular flexibility index (Phi) is 4.88. The summed E-state index contributed by atoms with van der Waals surface area (Å²) in [5.74, 6) is 5.51. The smallest absolute Gasteiger partial charge is 0.271 e. The van der Waals surface area contributed by atoms with Gasteiger partial charge in [0.2, 0.25) is 0 Å². The van der Waals surface area contributed by atoms with Gasteiger partial charge in [-0.05, 0) is 41.8 Å². The van der Waals surface area contributed by atoms with E-state index in [0.717, 1.165) is 17.7 Å². The van der Waals surface area contributed by atoms with Gasteiger partial charge in [0, 0.05) is 11.1 Å². The third-order valence-corrected chi connectivity index (χ3v) is 3.41. The second kappa shape index (κ2) is 6.47. The fourth-order valence-electron chi connectivity index (χ4n) is 2.08. The Labute approximate surface area is 125 Å². The van der Waals surface area contributed by atoms with Crippen LogP contribution in [-0.4, -0.2) is 0 Å². The van der Waals surface area contributed by atoms with Crippen LogP contribution in [0.3, 0.4) is 0 Å². The van der Waals surface area contributed by atoms with Crippen molar-refractivity contribution >= 4 is 11.6 Å². The summed E-state index contributed by atoms with van der Waals surface area (Å²) in [4.78, 5) is 0. The molecule has 0 radical (unpaired) electrons. The van der Waals surface area contributed by atoms with E-state index < -0.39 is 11.7 Å². The molecule has 0 fully saturated rings. The van der Waals surface area contributed by atoms with Crippen LogP contribution in [0.25, 0.3) is 0 Å². The van der Waals surface area contributed by atoms with Crippen molar-refractivity contribution in [1.29, 1.82) is 0 Å². The lowest BCUT2D eigenvalue weighted by Gasteiger charge is -2.17.